The van der Waals surface area contributed by atoms with Crippen LogP contribution in [0.15, 0.2) is 95.8 Å². The van der Waals surface area contributed by atoms with E-state index in [-0.39, 0.29) is 5.92 Å². The average molecular weight is 434 g/mol. The normalized spacial score (nSPS) is 15.5. The third-order valence-corrected chi connectivity index (χ3v) is 6.60. The van der Waals surface area contributed by atoms with Gasteiger partial charge in [-0.25, -0.2) is 4.57 Å². The first-order valence-electron chi connectivity index (χ1n) is 10.6. The molecule has 1 aliphatic rings. The van der Waals surface area contributed by atoms with E-state index in [0.717, 1.165) is 37.3 Å². The molecule has 0 aromatic heterocycles. The number of rotatable bonds is 7. The first-order valence-corrected chi connectivity index (χ1v) is 12.1. The molecule has 1 atom stereocenters. The van der Waals surface area contributed by atoms with Gasteiger partial charge in [-0.15, -0.1) is 4.76 Å². The molecule has 4 rings (SSSR count). The molecule has 0 amide bonds. The highest BCUT2D eigenvalue weighted by Crippen LogP contribution is 2.51. The Morgan fingerprint density at radius 3 is 1.74 bits per heavy atom. The van der Waals surface area contributed by atoms with E-state index in [9.17, 15) is 4.57 Å². The molecule has 6 heteroatoms. The van der Waals surface area contributed by atoms with Crippen LogP contribution in [0.5, 0.6) is 11.5 Å². The van der Waals surface area contributed by atoms with Crippen LogP contribution in [0.3, 0.4) is 0 Å². The second-order valence-corrected chi connectivity index (χ2v) is 9.06. The summed E-state index contributed by atoms with van der Waals surface area (Å²) in [6, 6.07) is 28.3. The number of hydrogen-bond donors (Lipinski definition) is 0. The van der Waals surface area contributed by atoms with Crippen LogP contribution < -0.4 is 9.05 Å². The summed E-state index contributed by atoms with van der Waals surface area (Å²) in [7, 11) is -3.90. The van der Waals surface area contributed by atoms with Gasteiger partial charge in [-0.05, 0) is 42.7 Å². The molecule has 0 saturated carbocycles. The van der Waals surface area contributed by atoms with Crippen LogP contribution in [-0.2, 0) is 4.57 Å². The number of benzene rings is 3. The van der Waals surface area contributed by atoms with Crippen LogP contribution in [-0.4, -0.2) is 23.8 Å². The lowest BCUT2D eigenvalue weighted by Crippen LogP contribution is -2.32. The second kappa shape index (κ2) is 9.84. The van der Waals surface area contributed by atoms with Crippen molar-refractivity contribution in [2.24, 2.45) is 4.76 Å². The molecule has 5 nitrogen and oxygen atoms in total. The Kier molecular flexibility index (Phi) is 6.73. The van der Waals surface area contributed by atoms with E-state index < -0.39 is 7.75 Å². The molecule has 0 N–H and O–H groups in total. The Hall–Kier alpha value is -3.04. The molecule has 31 heavy (non-hydrogen) atoms. The summed E-state index contributed by atoms with van der Waals surface area (Å²) < 4.78 is 30.5. The van der Waals surface area contributed by atoms with Crippen molar-refractivity contribution >= 4 is 13.6 Å². The summed E-state index contributed by atoms with van der Waals surface area (Å²) in [6.45, 7) is 3.85. The van der Waals surface area contributed by atoms with Crippen LogP contribution in [0.25, 0.3) is 0 Å². The Morgan fingerprint density at radius 2 is 1.26 bits per heavy atom. The van der Waals surface area contributed by atoms with Crippen molar-refractivity contribution in [3.63, 3.8) is 0 Å². The lowest BCUT2D eigenvalue weighted by atomic mass is 9.99. The molecule has 0 spiro atoms. The molecule has 0 radical (unpaired) electrons. The maximum Gasteiger partial charge on any atom is 0.565 e. The zero-order valence-electron chi connectivity index (χ0n) is 17.6. The van der Waals surface area contributed by atoms with E-state index in [1.54, 1.807) is 24.3 Å². The third kappa shape index (κ3) is 5.56. The van der Waals surface area contributed by atoms with Gasteiger partial charge >= 0.3 is 7.75 Å². The van der Waals surface area contributed by atoms with Gasteiger partial charge in [0, 0.05) is 19.0 Å². The van der Waals surface area contributed by atoms with Gasteiger partial charge in [0.1, 0.15) is 17.3 Å². The number of likely N-dealkylation sites (tertiary alicyclic amines) is 1. The summed E-state index contributed by atoms with van der Waals surface area (Å²) in [5, 5.41) is 0. The lowest BCUT2D eigenvalue weighted by Gasteiger charge is -2.27. The number of amidine groups is 1. The quantitative estimate of drug-likeness (QED) is 0.240. The summed E-state index contributed by atoms with van der Waals surface area (Å²) in [6.07, 6.45) is 2.17. The van der Waals surface area contributed by atoms with Gasteiger partial charge in [-0.1, -0.05) is 73.7 Å². The molecule has 3 aromatic carbocycles. The van der Waals surface area contributed by atoms with Gasteiger partial charge in [0.15, 0.2) is 0 Å². The predicted molar refractivity (Wildman–Crippen MR) is 125 cm³/mol. The molecule has 0 aliphatic carbocycles. The van der Waals surface area contributed by atoms with Gasteiger partial charge in [-0.2, -0.15) is 0 Å². The summed E-state index contributed by atoms with van der Waals surface area (Å²) >= 11 is 0. The first-order chi connectivity index (χ1) is 15.1. The molecule has 1 aliphatic heterocycles. The smallest absolute Gasteiger partial charge is 0.399 e. The van der Waals surface area contributed by atoms with Gasteiger partial charge < -0.3 is 13.9 Å². The maximum atomic E-state index is 14.0. The highest BCUT2D eigenvalue weighted by Gasteiger charge is 2.33. The molecular weight excluding hydrogens is 407 g/mol. The zero-order chi connectivity index (χ0) is 21.5. The van der Waals surface area contributed by atoms with Crippen molar-refractivity contribution < 1.29 is 13.6 Å². The van der Waals surface area contributed by atoms with Gasteiger partial charge in [0.2, 0.25) is 0 Å². The highest BCUT2D eigenvalue weighted by molar-refractivity contribution is 7.53. The molecule has 1 unspecified atom stereocenters. The fourth-order valence-electron chi connectivity index (χ4n) is 3.67. The molecule has 0 bridgehead atoms. The van der Waals surface area contributed by atoms with E-state index in [2.05, 4.69) is 24.0 Å². The molecule has 1 heterocycles. The van der Waals surface area contributed by atoms with Crippen molar-refractivity contribution in [1.29, 1.82) is 0 Å². The number of para-hydroxylation sites is 2. The number of hydrogen-bond acceptors (Lipinski definition) is 3. The zero-order valence-corrected chi connectivity index (χ0v) is 18.5. The minimum absolute atomic E-state index is 0.0497. The van der Waals surface area contributed by atoms with Crippen molar-refractivity contribution in [3.05, 3.63) is 96.6 Å². The van der Waals surface area contributed by atoms with E-state index in [4.69, 9.17) is 13.8 Å². The summed E-state index contributed by atoms with van der Waals surface area (Å²) in [5.41, 5.74) is 1.11. The van der Waals surface area contributed by atoms with E-state index in [0.29, 0.717) is 11.5 Å². The van der Waals surface area contributed by atoms with Crippen molar-refractivity contribution in [3.8, 4) is 11.5 Å². The molecule has 3 aromatic rings. The average Bonchev–Trinajstić information content (AvgIpc) is 3.34. The van der Waals surface area contributed by atoms with Crippen LogP contribution >= 0.6 is 7.75 Å². The number of nitrogens with zero attached hydrogens (tertiary/aromatic N) is 2. The molecular formula is C25H27N2O3P. The van der Waals surface area contributed by atoms with E-state index >= 15 is 0 Å². The fraction of sp³-hybridized carbons (Fsp3) is 0.240. The van der Waals surface area contributed by atoms with Crippen molar-refractivity contribution in [1.82, 2.24) is 4.90 Å². The van der Waals surface area contributed by atoms with E-state index in [1.807, 2.05) is 54.6 Å². The standard InChI is InChI=1S/C25H27N2O3P/c1-21(22-13-5-2-6-14-22)25(27-19-11-12-20-27)26-31(28,29-23-15-7-3-8-16-23)30-24-17-9-4-10-18-24/h2-10,13-18,21H,11-12,19-20H2,1H3/b26-25-. The van der Waals surface area contributed by atoms with Crippen LogP contribution in [0, 0.1) is 0 Å². The first kappa shape index (κ1) is 21.2. The van der Waals surface area contributed by atoms with Crippen molar-refractivity contribution in [2.75, 3.05) is 13.1 Å². The molecule has 1 fully saturated rings. The fourth-order valence-corrected chi connectivity index (χ4v) is 5.12. The SMILES string of the molecule is CC(/C(=N/P(=O)(Oc1ccccc1)Oc1ccccc1)N1CCCC1)c1ccccc1. The monoisotopic (exact) mass is 434 g/mol. The third-order valence-electron chi connectivity index (χ3n) is 5.27. The summed E-state index contributed by atoms with van der Waals surface area (Å²) in [5.74, 6) is 1.60. The second-order valence-electron chi connectivity index (χ2n) is 7.56. The maximum absolute atomic E-state index is 14.0. The minimum atomic E-state index is -3.90. The largest absolute Gasteiger partial charge is 0.565 e. The van der Waals surface area contributed by atoms with Crippen molar-refractivity contribution in [2.45, 2.75) is 25.7 Å². The van der Waals surface area contributed by atoms with Crippen LogP contribution in [0.4, 0.5) is 0 Å². The lowest BCUT2D eigenvalue weighted by molar-refractivity contribution is 0.385. The Balaban J connectivity index is 1.75. The van der Waals surface area contributed by atoms with Gasteiger partial charge in [-0.3, -0.25) is 0 Å². The predicted octanol–water partition coefficient (Wildman–Crippen LogP) is 6.55. The Morgan fingerprint density at radius 1 is 0.806 bits per heavy atom. The molecule has 1 saturated heterocycles. The minimum Gasteiger partial charge on any atom is -0.399 e. The topological polar surface area (TPSA) is 51.1 Å². The van der Waals surface area contributed by atoms with Gasteiger partial charge in [0.25, 0.3) is 0 Å². The Bertz CT molecular complexity index is 991. The van der Waals surface area contributed by atoms with Crippen LogP contribution in [0.2, 0.25) is 0 Å². The van der Waals surface area contributed by atoms with E-state index in [1.165, 1.54) is 0 Å². The highest BCUT2D eigenvalue weighted by atomic mass is 31.2. The van der Waals surface area contributed by atoms with Gasteiger partial charge in [0.05, 0.1) is 0 Å². The van der Waals surface area contributed by atoms with Crippen LogP contribution in [0.1, 0.15) is 31.2 Å². The Labute approximate surface area is 183 Å². The molecule has 160 valence electrons. The summed E-state index contributed by atoms with van der Waals surface area (Å²) in [4.78, 5) is 2.20.